The zero-order valence-electron chi connectivity index (χ0n) is 17.8. The highest BCUT2D eigenvalue weighted by Crippen LogP contribution is 2.34. The molecule has 0 spiro atoms. The molecule has 1 N–H and O–H groups in total. The van der Waals surface area contributed by atoms with Crippen LogP contribution in [0.5, 0.6) is 5.75 Å². The molecule has 1 unspecified atom stereocenters. The van der Waals surface area contributed by atoms with Crippen molar-refractivity contribution < 1.29 is 9.53 Å². The van der Waals surface area contributed by atoms with E-state index in [4.69, 9.17) is 4.74 Å². The molecule has 2 heterocycles. The van der Waals surface area contributed by atoms with Crippen molar-refractivity contribution in [3.63, 3.8) is 0 Å². The van der Waals surface area contributed by atoms with E-state index in [1.807, 2.05) is 47.2 Å². The van der Waals surface area contributed by atoms with E-state index in [0.717, 1.165) is 28.5 Å². The molecule has 1 saturated heterocycles. The van der Waals surface area contributed by atoms with Crippen molar-refractivity contribution in [1.29, 1.82) is 0 Å². The normalized spacial score (nSPS) is 19.4. The minimum atomic E-state index is 0.199. The summed E-state index contributed by atoms with van der Waals surface area (Å²) in [4.78, 5) is 17.0. The molecule has 158 valence electrons. The zero-order valence-corrected chi connectivity index (χ0v) is 17.8. The van der Waals surface area contributed by atoms with Crippen molar-refractivity contribution >= 4 is 23.1 Å². The Balaban J connectivity index is 1.53. The average Bonchev–Trinajstić information content (AvgIpc) is 3.14. The van der Waals surface area contributed by atoms with Crippen LogP contribution in [0.4, 0.5) is 11.4 Å². The van der Waals surface area contributed by atoms with Crippen LogP contribution in [-0.4, -0.2) is 49.6 Å². The van der Waals surface area contributed by atoms with E-state index in [1.165, 1.54) is 0 Å². The van der Waals surface area contributed by atoms with E-state index in [1.54, 1.807) is 7.11 Å². The van der Waals surface area contributed by atoms with Crippen LogP contribution in [0.25, 0.3) is 0 Å². The molecular weight excluding hydrogens is 378 g/mol. The lowest BCUT2D eigenvalue weighted by molar-refractivity contribution is -0.131. The van der Waals surface area contributed by atoms with Gasteiger partial charge in [0.2, 0.25) is 5.91 Å². The Morgan fingerprint density at radius 2 is 2.00 bits per heavy atom. The van der Waals surface area contributed by atoms with E-state index in [-0.39, 0.29) is 11.9 Å². The fraction of sp³-hybridized carbons (Fsp3) is 0.391. The molecule has 0 radical (unpaired) electrons. The van der Waals surface area contributed by atoms with Crippen LogP contribution in [-0.2, 0) is 11.3 Å². The number of hydrazone groups is 1. The summed E-state index contributed by atoms with van der Waals surface area (Å²) < 4.78 is 5.67. The van der Waals surface area contributed by atoms with Gasteiger partial charge in [0.15, 0.2) is 0 Å². The van der Waals surface area contributed by atoms with Gasteiger partial charge in [0.25, 0.3) is 0 Å². The first-order valence-corrected chi connectivity index (χ1v) is 10.4. The lowest BCUT2D eigenvalue weighted by Gasteiger charge is -2.31. The Hall–Kier alpha value is -3.22. The van der Waals surface area contributed by atoms with Crippen LogP contribution in [0.1, 0.15) is 25.8 Å². The highest BCUT2D eigenvalue weighted by molar-refractivity contribution is 5.84. The molecule has 30 heavy (non-hydrogen) atoms. The molecule has 0 aromatic heterocycles. The summed E-state index contributed by atoms with van der Waals surface area (Å²) in [7, 11) is 1.68. The maximum absolute atomic E-state index is 12.8. The summed E-state index contributed by atoms with van der Waals surface area (Å²) >= 11 is 0. The fourth-order valence-electron chi connectivity index (χ4n) is 4.09. The molecule has 2 aromatic rings. The molecule has 7 heteroatoms. The van der Waals surface area contributed by atoms with Gasteiger partial charge in [0.05, 0.1) is 7.11 Å². The second kappa shape index (κ2) is 8.65. The first kappa shape index (κ1) is 20.1. The number of rotatable bonds is 5. The number of nitrogens with zero attached hydrogens (tertiary/aromatic N) is 4. The van der Waals surface area contributed by atoms with Crippen LogP contribution in [0, 0.1) is 0 Å². The second-order valence-corrected chi connectivity index (χ2v) is 7.83. The molecule has 2 aliphatic heterocycles. The first-order chi connectivity index (χ1) is 14.5. The van der Waals surface area contributed by atoms with Crippen LogP contribution >= 0.6 is 0 Å². The van der Waals surface area contributed by atoms with Crippen LogP contribution in [0.2, 0.25) is 0 Å². The molecular formula is C23H29N5O2. The van der Waals surface area contributed by atoms with Gasteiger partial charge in [-0.1, -0.05) is 30.3 Å². The number of amides is 1. The number of anilines is 2. The molecule has 1 amide bonds. The van der Waals surface area contributed by atoms with Crippen LogP contribution < -0.4 is 20.0 Å². The average molecular weight is 408 g/mol. The maximum Gasteiger partial charge on any atom is 0.224 e. The largest absolute Gasteiger partial charge is 0.494 e. The number of benzene rings is 2. The Bertz CT molecular complexity index is 930. The number of carbonyl (C=O) groups excluding carboxylic acids is 1. The molecule has 2 aliphatic rings. The second-order valence-electron chi connectivity index (χ2n) is 7.83. The summed E-state index contributed by atoms with van der Waals surface area (Å²) in [5.41, 5.74) is 3.15. The molecule has 2 aromatic carbocycles. The molecule has 7 nitrogen and oxygen atoms in total. The predicted molar refractivity (Wildman–Crippen MR) is 120 cm³/mol. The number of hydrogen-bond acceptors (Lipinski definition) is 6. The number of hydrogen-bond donors (Lipinski definition) is 1. The Morgan fingerprint density at radius 1 is 1.20 bits per heavy atom. The van der Waals surface area contributed by atoms with E-state index in [2.05, 4.69) is 40.4 Å². The predicted octanol–water partition coefficient (Wildman–Crippen LogP) is 3.02. The van der Waals surface area contributed by atoms with Gasteiger partial charge in [-0.05, 0) is 31.5 Å². The zero-order chi connectivity index (χ0) is 21.1. The van der Waals surface area contributed by atoms with E-state index in [0.29, 0.717) is 32.7 Å². The standard InChI is InChI=1S/C23H29N5O2/c1-17-14-26(15-19-7-5-4-6-8-19)23(29)11-12-27(17)20-9-10-21(22(13-20)30-3)28-16-24-18(2)25-28/h4-10,13,17H,11-12,14-16H2,1-3H3,(H,24,25). The summed E-state index contributed by atoms with van der Waals surface area (Å²) in [6.45, 7) is 6.78. The van der Waals surface area contributed by atoms with E-state index >= 15 is 0 Å². The third kappa shape index (κ3) is 4.20. The number of methoxy groups -OCH3 is 1. The third-order valence-electron chi connectivity index (χ3n) is 5.68. The van der Waals surface area contributed by atoms with Crippen LogP contribution in [0.15, 0.2) is 53.6 Å². The summed E-state index contributed by atoms with van der Waals surface area (Å²) in [5.74, 6) is 1.86. The molecule has 1 atom stereocenters. The van der Waals surface area contributed by atoms with Gasteiger partial charge < -0.3 is 19.9 Å². The van der Waals surface area contributed by atoms with Crippen molar-refractivity contribution in [2.45, 2.75) is 32.9 Å². The van der Waals surface area contributed by atoms with Crippen LogP contribution in [0.3, 0.4) is 0 Å². The Kier molecular flexibility index (Phi) is 5.79. The molecule has 0 bridgehead atoms. The number of nitrogens with one attached hydrogen (secondary N) is 1. The summed E-state index contributed by atoms with van der Waals surface area (Å²) in [6.07, 6.45) is 0.501. The van der Waals surface area contributed by atoms with E-state index < -0.39 is 0 Å². The highest BCUT2D eigenvalue weighted by atomic mass is 16.5. The fourth-order valence-corrected chi connectivity index (χ4v) is 4.09. The number of carbonyl (C=O) groups is 1. The topological polar surface area (TPSA) is 60.4 Å². The lowest BCUT2D eigenvalue weighted by Crippen LogP contribution is -2.39. The molecule has 0 saturated carbocycles. The summed E-state index contributed by atoms with van der Waals surface area (Å²) in [5, 5.41) is 9.60. The third-order valence-corrected chi connectivity index (χ3v) is 5.68. The molecule has 4 rings (SSSR count). The van der Waals surface area contributed by atoms with Gasteiger partial charge in [0, 0.05) is 43.9 Å². The van der Waals surface area contributed by atoms with E-state index in [9.17, 15) is 4.79 Å². The minimum absolute atomic E-state index is 0.199. The minimum Gasteiger partial charge on any atom is -0.494 e. The van der Waals surface area contributed by atoms with Gasteiger partial charge >= 0.3 is 0 Å². The van der Waals surface area contributed by atoms with Gasteiger partial charge in [-0.15, -0.1) is 0 Å². The van der Waals surface area contributed by atoms with Crippen molar-refractivity contribution in [2.75, 3.05) is 36.8 Å². The van der Waals surface area contributed by atoms with Gasteiger partial charge in [-0.2, -0.15) is 5.10 Å². The van der Waals surface area contributed by atoms with Crippen molar-refractivity contribution in [3.8, 4) is 5.75 Å². The van der Waals surface area contributed by atoms with Gasteiger partial charge in [0.1, 0.15) is 23.9 Å². The lowest BCUT2D eigenvalue weighted by atomic mass is 10.1. The smallest absolute Gasteiger partial charge is 0.224 e. The Morgan fingerprint density at radius 3 is 2.70 bits per heavy atom. The van der Waals surface area contributed by atoms with Crippen molar-refractivity contribution in [2.24, 2.45) is 5.10 Å². The van der Waals surface area contributed by atoms with Crippen molar-refractivity contribution in [1.82, 2.24) is 10.2 Å². The number of ether oxygens (including phenoxy) is 1. The Labute approximate surface area is 177 Å². The highest BCUT2D eigenvalue weighted by Gasteiger charge is 2.27. The SMILES string of the molecule is COc1cc(N2CCC(=O)N(Cc3ccccc3)CC2C)ccc1N1CNC(C)=N1. The monoisotopic (exact) mass is 407 g/mol. The number of amidine groups is 1. The summed E-state index contributed by atoms with van der Waals surface area (Å²) in [6, 6.07) is 16.6. The first-order valence-electron chi connectivity index (χ1n) is 10.4. The quantitative estimate of drug-likeness (QED) is 0.826. The van der Waals surface area contributed by atoms with Crippen molar-refractivity contribution in [3.05, 3.63) is 54.1 Å². The van der Waals surface area contributed by atoms with Gasteiger partial charge in [-0.3, -0.25) is 4.79 Å². The van der Waals surface area contributed by atoms with Gasteiger partial charge in [-0.25, -0.2) is 5.01 Å². The molecule has 1 fully saturated rings. The molecule has 0 aliphatic carbocycles. The maximum atomic E-state index is 12.8.